The van der Waals surface area contributed by atoms with Crippen molar-refractivity contribution in [3.8, 4) is 0 Å². The molecule has 0 saturated carbocycles. The number of alkyl halides is 3. The van der Waals surface area contributed by atoms with Crippen LogP contribution in [0.2, 0.25) is 0 Å². The molecule has 2 aromatic heterocycles. The number of pyridine rings is 1. The molecule has 0 atom stereocenters. The molecule has 1 saturated heterocycles. The van der Waals surface area contributed by atoms with Gasteiger partial charge in [0.1, 0.15) is 16.4 Å². The second kappa shape index (κ2) is 10.1. The topological polar surface area (TPSA) is 102 Å². The molecule has 3 aromatic rings. The molecule has 3 N–H and O–H groups in total. The maximum atomic E-state index is 13.5. The van der Waals surface area contributed by atoms with E-state index in [1.54, 1.807) is 42.7 Å². The highest BCUT2D eigenvalue weighted by Gasteiger charge is 2.31. The van der Waals surface area contributed by atoms with Crippen molar-refractivity contribution in [2.45, 2.75) is 38.1 Å². The number of nitrogens with one attached hydrogen (secondary N) is 1. The van der Waals surface area contributed by atoms with Crippen molar-refractivity contribution in [1.29, 1.82) is 0 Å². The van der Waals surface area contributed by atoms with Gasteiger partial charge in [-0.1, -0.05) is 12.1 Å². The lowest BCUT2D eigenvalue weighted by molar-refractivity contribution is -0.140. The lowest BCUT2D eigenvalue weighted by Crippen LogP contribution is -2.32. The molecular formula is C24H26F3N5O2S. The van der Waals surface area contributed by atoms with Gasteiger partial charge in [0.2, 0.25) is 0 Å². The fourth-order valence-corrected chi connectivity index (χ4v) is 5.68. The summed E-state index contributed by atoms with van der Waals surface area (Å²) in [5.74, 6) is 0.183. The van der Waals surface area contributed by atoms with E-state index < -0.39 is 22.6 Å². The van der Waals surface area contributed by atoms with Crippen LogP contribution in [0, 0.1) is 0 Å². The summed E-state index contributed by atoms with van der Waals surface area (Å²) >= 11 is 0. The molecule has 0 unspecified atom stereocenters. The SMILES string of the molecule is NC=C(C=NCc1cccnc1)c1cc2c(NC3CCS(=O)(=O)CC3)cccc2n1CC(F)(F)F. The minimum absolute atomic E-state index is 0.0795. The predicted molar refractivity (Wildman–Crippen MR) is 132 cm³/mol. The van der Waals surface area contributed by atoms with Gasteiger partial charge >= 0.3 is 6.18 Å². The zero-order chi connectivity index (χ0) is 25.1. The van der Waals surface area contributed by atoms with Gasteiger partial charge in [-0.2, -0.15) is 13.2 Å². The summed E-state index contributed by atoms with van der Waals surface area (Å²) in [5.41, 5.74) is 8.36. The number of benzene rings is 1. The third kappa shape index (κ3) is 6.21. The first kappa shape index (κ1) is 24.8. The fourth-order valence-electron chi connectivity index (χ4n) is 4.19. The summed E-state index contributed by atoms with van der Waals surface area (Å²) in [6.07, 6.45) is 2.46. The van der Waals surface area contributed by atoms with Gasteiger partial charge < -0.3 is 15.6 Å². The Kier molecular flexibility index (Phi) is 7.15. The Labute approximate surface area is 201 Å². The second-order valence-corrected chi connectivity index (χ2v) is 10.8. The molecule has 186 valence electrons. The van der Waals surface area contributed by atoms with Gasteiger partial charge in [0.25, 0.3) is 0 Å². The first-order valence-corrected chi connectivity index (χ1v) is 12.9. The van der Waals surface area contributed by atoms with E-state index in [1.807, 2.05) is 6.07 Å². The monoisotopic (exact) mass is 505 g/mol. The molecule has 0 radical (unpaired) electrons. The van der Waals surface area contributed by atoms with Crippen molar-refractivity contribution in [3.63, 3.8) is 0 Å². The number of nitrogens with zero attached hydrogens (tertiary/aromatic N) is 3. The van der Waals surface area contributed by atoms with E-state index in [-0.39, 0.29) is 23.2 Å². The standard InChI is InChI=1S/C24H26F3N5O2S/c25-24(26,27)16-32-22-5-1-4-21(31-19-6-9-35(33,34)10-7-19)20(22)11-23(32)18(12-28)15-30-14-17-3-2-8-29-13-17/h1-5,8,11-13,15,19,31H,6-7,9-10,14,16,28H2. The summed E-state index contributed by atoms with van der Waals surface area (Å²) in [5, 5.41) is 3.93. The molecule has 35 heavy (non-hydrogen) atoms. The Morgan fingerprint density at radius 1 is 1.23 bits per heavy atom. The number of rotatable bonds is 7. The zero-order valence-electron chi connectivity index (χ0n) is 18.9. The van der Waals surface area contributed by atoms with Gasteiger partial charge in [-0.15, -0.1) is 0 Å². The highest BCUT2D eigenvalue weighted by molar-refractivity contribution is 7.91. The Balaban J connectivity index is 1.68. The average Bonchev–Trinajstić information content (AvgIpc) is 3.16. The molecule has 1 aliphatic rings. The Bertz CT molecular complexity index is 1330. The third-order valence-corrected chi connectivity index (χ3v) is 7.62. The number of sulfone groups is 1. The second-order valence-electron chi connectivity index (χ2n) is 8.49. The number of hydrogen-bond donors (Lipinski definition) is 2. The van der Waals surface area contributed by atoms with Gasteiger partial charge in [0, 0.05) is 47.5 Å². The molecule has 1 fully saturated rings. The van der Waals surface area contributed by atoms with Crippen molar-refractivity contribution in [1.82, 2.24) is 9.55 Å². The first-order chi connectivity index (χ1) is 16.6. The van der Waals surface area contributed by atoms with Crippen LogP contribution in [0.15, 0.2) is 60.0 Å². The Hall–Kier alpha value is -3.34. The number of allylic oxidation sites excluding steroid dienone is 1. The van der Waals surface area contributed by atoms with E-state index >= 15 is 0 Å². The minimum Gasteiger partial charge on any atom is -0.404 e. The van der Waals surface area contributed by atoms with Gasteiger partial charge in [-0.3, -0.25) is 9.98 Å². The number of hydrogen-bond acceptors (Lipinski definition) is 6. The minimum atomic E-state index is -4.45. The van der Waals surface area contributed by atoms with Crippen LogP contribution in [0.4, 0.5) is 18.9 Å². The number of anilines is 1. The van der Waals surface area contributed by atoms with Crippen LogP contribution in [0.5, 0.6) is 0 Å². The molecule has 0 aliphatic carbocycles. The highest BCUT2D eigenvalue weighted by atomic mass is 32.2. The van der Waals surface area contributed by atoms with E-state index in [9.17, 15) is 21.6 Å². The molecule has 0 bridgehead atoms. The fraction of sp³-hybridized carbons (Fsp3) is 0.333. The molecule has 7 nitrogen and oxygen atoms in total. The van der Waals surface area contributed by atoms with Gasteiger partial charge in [-0.25, -0.2) is 8.42 Å². The quantitative estimate of drug-likeness (QED) is 0.470. The van der Waals surface area contributed by atoms with Crippen LogP contribution in [0.25, 0.3) is 16.5 Å². The van der Waals surface area contributed by atoms with Crippen LogP contribution in [-0.4, -0.2) is 47.9 Å². The molecule has 11 heteroatoms. The molecule has 1 aromatic carbocycles. The van der Waals surface area contributed by atoms with Gasteiger partial charge in [0.05, 0.1) is 29.3 Å². The van der Waals surface area contributed by atoms with Crippen LogP contribution in [0.3, 0.4) is 0 Å². The number of halogens is 3. The summed E-state index contributed by atoms with van der Waals surface area (Å²) in [4.78, 5) is 8.37. The lowest BCUT2D eigenvalue weighted by Gasteiger charge is -2.24. The van der Waals surface area contributed by atoms with E-state index in [2.05, 4.69) is 15.3 Å². The molecule has 3 heterocycles. The van der Waals surface area contributed by atoms with E-state index in [0.717, 1.165) is 5.56 Å². The average molecular weight is 506 g/mol. The highest BCUT2D eigenvalue weighted by Crippen LogP contribution is 2.33. The van der Waals surface area contributed by atoms with E-state index in [1.165, 1.54) is 17.0 Å². The summed E-state index contributed by atoms with van der Waals surface area (Å²) < 4.78 is 65.3. The first-order valence-electron chi connectivity index (χ1n) is 11.1. The van der Waals surface area contributed by atoms with Crippen molar-refractivity contribution < 1.29 is 21.6 Å². The smallest absolute Gasteiger partial charge is 0.404 e. The van der Waals surface area contributed by atoms with Crippen molar-refractivity contribution >= 4 is 38.2 Å². The third-order valence-electron chi connectivity index (χ3n) is 5.90. The Morgan fingerprint density at radius 3 is 2.66 bits per heavy atom. The summed E-state index contributed by atoms with van der Waals surface area (Å²) in [6, 6.07) is 10.3. The molecular weight excluding hydrogens is 479 g/mol. The lowest BCUT2D eigenvalue weighted by atomic mass is 10.1. The zero-order valence-corrected chi connectivity index (χ0v) is 19.7. The largest absolute Gasteiger partial charge is 0.406 e. The van der Waals surface area contributed by atoms with E-state index in [4.69, 9.17) is 5.73 Å². The normalized spacial score (nSPS) is 17.3. The van der Waals surface area contributed by atoms with Crippen LogP contribution < -0.4 is 11.1 Å². The van der Waals surface area contributed by atoms with Crippen LogP contribution >= 0.6 is 0 Å². The molecule has 1 aliphatic heterocycles. The van der Waals surface area contributed by atoms with E-state index in [0.29, 0.717) is 41.5 Å². The maximum Gasteiger partial charge on any atom is 0.406 e. The van der Waals surface area contributed by atoms with Crippen LogP contribution in [-0.2, 0) is 22.9 Å². The summed E-state index contributed by atoms with van der Waals surface area (Å²) in [6.45, 7) is -0.882. The van der Waals surface area contributed by atoms with Crippen molar-refractivity contribution in [2.75, 3.05) is 16.8 Å². The molecule has 0 amide bonds. The number of aliphatic imine (C=N–C) groups is 1. The van der Waals surface area contributed by atoms with Gasteiger partial charge in [0.15, 0.2) is 0 Å². The summed E-state index contributed by atoms with van der Waals surface area (Å²) in [7, 11) is -3.03. The molecule has 0 spiro atoms. The van der Waals surface area contributed by atoms with Crippen molar-refractivity contribution in [2.24, 2.45) is 10.7 Å². The number of nitrogens with two attached hydrogens (primary N) is 1. The van der Waals surface area contributed by atoms with Crippen molar-refractivity contribution in [3.05, 3.63) is 66.2 Å². The maximum absolute atomic E-state index is 13.5. The number of aromatic nitrogens is 2. The number of fused-ring (bicyclic) bond motifs is 1. The Morgan fingerprint density at radius 2 is 2.00 bits per heavy atom. The molecule has 4 rings (SSSR count). The predicted octanol–water partition coefficient (Wildman–Crippen LogP) is 4.16. The van der Waals surface area contributed by atoms with Gasteiger partial charge in [-0.05, 0) is 42.7 Å². The van der Waals surface area contributed by atoms with Crippen LogP contribution in [0.1, 0.15) is 24.1 Å².